The highest BCUT2D eigenvalue weighted by Crippen LogP contribution is 2.59. The average molecular weight is 373 g/mol. The lowest BCUT2D eigenvalue weighted by atomic mass is 9.49. The van der Waals surface area contributed by atoms with E-state index >= 15 is 0 Å². The molecule has 4 saturated carbocycles. The highest BCUT2D eigenvalue weighted by atomic mass is 32.1. The smallest absolute Gasteiger partial charge is 0.264 e. The summed E-state index contributed by atoms with van der Waals surface area (Å²) in [6.45, 7) is 1.53. The van der Waals surface area contributed by atoms with Crippen molar-refractivity contribution in [1.82, 2.24) is 10.2 Å². The van der Waals surface area contributed by atoms with Gasteiger partial charge in [-0.15, -0.1) is 11.3 Å². The van der Waals surface area contributed by atoms with Crippen molar-refractivity contribution < 1.29 is 9.59 Å². The number of hydrogen-bond donors (Lipinski definition) is 1. The first-order chi connectivity index (χ1) is 12.6. The Morgan fingerprint density at radius 2 is 1.85 bits per heavy atom. The van der Waals surface area contributed by atoms with Gasteiger partial charge >= 0.3 is 0 Å². The van der Waals surface area contributed by atoms with Crippen LogP contribution in [0.25, 0.3) is 0 Å². The van der Waals surface area contributed by atoms with Crippen LogP contribution in [-0.4, -0.2) is 35.8 Å². The van der Waals surface area contributed by atoms with E-state index < -0.39 is 0 Å². The first-order valence-corrected chi connectivity index (χ1v) is 11.1. The molecule has 1 aliphatic heterocycles. The highest BCUT2D eigenvalue weighted by Gasteiger charge is 2.51. The zero-order valence-corrected chi connectivity index (χ0v) is 16.1. The molecule has 140 valence electrons. The van der Waals surface area contributed by atoms with E-state index in [0.717, 1.165) is 42.0 Å². The Kier molecular flexibility index (Phi) is 4.11. The van der Waals surface area contributed by atoms with Crippen LogP contribution < -0.4 is 5.32 Å². The van der Waals surface area contributed by atoms with Crippen molar-refractivity contribution in [1.29, 1.82) is 0 Å². The molecule has 5 heteroatoms. The van der Waals surface area contributed by atoms with Gasteiger partial charge in [0.2, 0.25) is 5.91 Å². The van der Waals surface area contributed by atoms with E-state index in [4.69, 9.17) is 0 Å². The Balaban J connectivity index is 1.23. The van der Waals surface area contributed by atoms with Crippen molar-refractivity contribution in [2.45, 2.75) is 57.4 Å². The van der Waals surface area contributed by atoms with Crippen molar-refractivity contribution in [3.8, 4) is 0 Å². The second kappa shape index (κ2) is 6.36. The number of carbonyl (C=O) groups excluding carboxylic acids is 2. The van der Waals surface area contributed by atoms with Crippen LogP contribution in [-0.2, 0) is 4.79 Å². The molecule has 4 bridgehead atoms. The summed E-state index contributed by atoms with van der Waals surface area (Å²) in [6.07, 6.45) is 9.93. The quantitative estimate of drug-likeness (QED) is 0.876. The van der Waals surface area contributed by atoms with Gasteiger partial charge in [-0.1, -0.05) is 6.07 Å². The van der Waals surface area contributed by atoms with Crippen molar-refractivity contribution in [2.75, 3.05) is 13.1 Å². The van der Waals surface area contributed by atoms with E-state index in [1.54, 1.807) is 4.90 Å². The Morgan fingerprint density at radius 1 is 1.15 bits per heavy atom. The molecule has 2 heterocycles. The fourth-order valence-corrected chi connectivity index (χ4v) is 7.40. The van der Waals surface area contributed by atoms with Gasteiger partial charge in [-0.25, -0.2) is 0 Å². The third-order valence-corrected chi connectivity index (χ3v) is 8.21. The molecule has 26 heavy (non-hydrogen) atoms. The first-order valence-electron chi connectivity index (χ1n) is 10.2. The van der Waals surface area contributed by atoms with Gasteiger partial charge in [-0.3, -0.25) is 9.59 Å². The molecular formula is C21H28N2O2S. The van der Waals surface area contributed by atoms with E-state index in [1.807, 2.05) is 17.5 Å². The molecular weight excluding hydrogens is 344 g/mol. The molecule has 5 aliphatic rings. The fourth-order valence-electron chi connectivity index (χ4n) is 6.72. The molecule has 1 N–H and O–H groups in total. The van der Waals surface area contributed by atoms with Crippen LogP contribution in [0.1, 0.15) is 61.0 Å². The maximum Gasteiger partial charge on any atom is 0.264 e. The molecule has 5 fully saturated rings. The van der Waals surface area contributed by atoms with E-state index in [0.29, 0.717) is 12.0 Å². The normalized spacial score (nSPS) is 37.9. The monoisotopic (exact) mass is 372 g/mol. The number of rotatable bonds is 4. The summed E-state index contributed by atoms with van der Waals surface area (Å²) in [5.41, 5.74) is 0.353. The van der Waals surface area contributed by atoms with Crippen LogP contribution in [0.15, 0.2) is 17.5 Å². The summed E-state index contributed by atoms with van der Waals surface area (Å²) >= 11 is 1.46. The lowest BCUT2D eigenvalue weighted by molar-refractivity contribution is -0.127. The summed E-state index contributed by atoms with van der Waals surface area (Å²) in [6, 6.07) is 3.48. The second-order valence-corrected chi connectivity index (χ2v) is 10.2. The molecule has 0 spiro atoms. The predicted molar refractivity (Wildman–Crippen MR) is 102 cm³/mol. The summed E-state index contributed by atoms with van der Waals surface area (Å²) < 4.78 is 0. The van der Waals surface area contributed by atoms with Gasteiger partial charge in [0, 0.05) is 13.1 Å². The number of amides is 2. The van der Waals surface area contributed by atoms with Gasteiger partial charge in [-0.2, -0.15) is 0 Å². The molecule has 1 unspecified atom stereocenters. The summed E-state index contributed by atoms with van der Waals surface area (Å²) in [5.74, 6) is 2.81. The van der Waals surface area contributed by atoms with Crippen molar-refractivity contribution in [3.63, 3.8) is 0 Å². The van der Waals surface area contributed by atoms with Crippen LogP contribution >= 0.6 is 11.3 Å². The van der Waals surface area contributed by atoms with Gasteiger partial charge in [0.1, 0.15) is 6.04 Å². The van der Waals surface area contributed by atoms with Crippen LogP contribution in [0.4, 0.5) is 0 Å². The number of likely N-dealkylation sites (tertiary alicyclic amines) is 1. The number of nitrogens with one attached hydrogen (secondary N) is 1. The van der Waals surface area contributed by atoms with Gasteiger partial charge < -0.3 is 10.2 Å². The molecule has 1 aromatic rings. The van der Waals surface area contributed by atoms with E-state index in [2.05, 4.69) is 5.32 Å². The average Bonchev–Trinajstić information content (AvgIpc) is 3.29. The Bertz CT molecular complexity index is 664. The standard InChI is InChI=1S/C21H28N2O2S/c24-19(17-3-1-5-23(17)20(25)18-4-2-6-26-18)22-13-21-10-14-7-15(11-21)9-16(8-14)12-21/h2,4,6,14-17H,1,3,5,7-13H2,(H,22,24). The van der Waals surface area contributed by atoms with Crippen molar-refractivity contribution in [3.05, 3.63) is 22.4 Å². The predicted octanol–water partition coefficient (Wildman–Crippen LogP) is 3.69. The Labute approximate surface area is 159 Å². The van der Waals surface area contributed by atoms with E-state index in [9.17, 15) is 9.59 Å². The summed E-state index contributed by atoms with van der Waals surface area (Å²) in [5, 5.41) is 5.20. The van der Waals surface area contributed by atoms with Gasteiger partial charge in [0.15, 0.2) is 0 Å². The third-order valence-electron chi connectivity index (χ3n) is 7.35. The lowest BCUT2D eigenvalue weighted by Gasteiger charge is -2.57. The second-order valence-electron chi connectivity index (χ2n) is 9.27. The molecule has 4 aliphatic carbocycles. The minimum Gasteiger partial charge on any atom is -0.354 e. The first kappa shape index (κ1) is 16.8. The maximum atomic E-state index is 12.9. The van der Waals surface area contributed by atoms with Crippen LogP contribution in [0.2, 0.25) is 0 Å². The van der Waals surface area contributed by atoms with Gasteiger partial charge in [0.25, 0.3) is 5.91 Å². The van der Waals surface area contributed by atoms with Crippen molar-refractivity contribution >= 4 is 23.2 Å². The topological polar surface area (TPSA) is 49.4 Å². The van der Waals surface area contributed by atoms with Crippen LogP contribution in [0.3, 0.4) is 0 Å². The zero-order chi connectivity index (χ0) is 17.7. The van der Waals surface area contributed by atoms with E-state index in [1.165, 1.54) is 49.9 Å². The SMILES string of the molecule is O=C(NCC12CC3CC(CC(C3)C1)C2)C1CCCN1C(=O)c1cccs1. The molecule has 0 aromatic carbocycles. The molecule has 1 atom stereocenters. The molecule has 6 rings (SSSR count). The molecule has 2 amide bonds. The molecule has 1 saturated heterocycles. The highest BCUT2D eigenvalue weighted by molar-refractivity contribution is 7.12. The largest absolute Gasteiger partial charge is 0.354 e. The lowest BCUT2D eigenvalue weighted by Crippen LogP contribution is -2.53. The molecule has 1 aromatic heterocycles. The van der Waals surface area contributed by atoms with Gasteiger partial charge in [-0.05, 0) is 86.0 Å². The minimum atomic E-state index is -0.279. The van der Waals surface area contributed by atoms with E-state index in [-0.39, 0.29) is 17.9 Å². The summed E-state index contributed by atoms with van der Waals surface area (Å²) in [4.78, 5) is 28.2. The molecule has 4 nitrogen and oxygen atoms in total. The fraction of sp³-hybridized carbons (Fsp3) is 0.714. The van der Waals surface area contributed by atoms with Gasteiger partial charge in [0.05, 0.1) is 4.88 Å². The number of carbonyl (C=O) groups is 2. The number of thiophene rings is 1. The summed E-state index contributed by atoms with van der Waals surface area (Å²) in [7, 11) is 0. The van der Waals surface area contributed by atoms with Crippen LogP contribution in [0.5, 0.6) is 0 Å². The minimum absolute atomic E-state index is 0.0208. The zero-order valence-electron chi connectivity index (χ0n) is 15.3. The number of nitrogens with zero attached hydrogens (tertiary/aromatic N) is 1. The van der Waals surface area contributed by atoms with Crippen molar-refractivity contribution in [2.24, 2.45) is 23.2 Å². The number of hydrogen-bond acceptors (Lipinski definition) is 3. The maximum absolute atomic E-state index is 12.9. The third kappa shape index (κ3) is 2.88. The Morgan fingerprint density at radius 3 is 2.46 bits per heavy atom. The Hall–Kier alpha value is -1.36. The van der Waals surface area contributed by atoms with Crippen LogP contribution in [0, 0.1) is 23.2 Å². The molecule has 0 radical (unpaired) electrons.